The van der Waals surface area contributed by atoms with Crippen LogP contribution in [-0.4, -0.2) is 0 Å². The molecular weight excluding hydrogens is 240 g/mol. The molecule has 0 N–H and O–H groups in total. The highest BCUT2D eigenvalue weighted by molar-refractivity contribution is 6.13. The van der Waals surface area contributed by atoms with Crippen molar-refractivity contribution in [3.05, 3.63) is 37.6 Å². The molecule has 0 fully saturated rings. The zero-order valence-corrected chi connectivity index (χ0v) is 8.91. The SMILES string of the molecule is c1coc2c(o1)c1occoc1c1occoc21. The maximum Gasteiger partial charge on any atom is 0.219 e. The molecule has 0 radical (unpaired) electrons. The van der Waals surface area contributed by atoms with Crippen LogP contribution in [0, 0.1) is 0 Å². The number of fused-ring (bicyclic) bond motifs is 6. The van der Waals surface area contributed by atoms with Crippen molar-refractivity contribution in [2.24, 2.45) is 0 Å². The predicted molar refractivity (Wildman–Crippen MR) is 59.0 cm³/mol. The van der Waals surface area contributed by atoms with E-state index in [2.05, 4.69) is 0 Å². The number of hydrogen-bond acceptors (Lipinski definition) is 6. The van der Waals surface area contributed by atoms with Crippen LogP contribution >= 0.6 is 0 Å². The van der Waals surface area contributed by atoms with E-state index in [1.165, 1.54) is 37.6 Å². The fraction of sp³-hybridized carbons (Fsp3) is 0. The molecule has 0 atom stereocenters. The number of hydrogen-bond donors (Lipinski definition) is 0. The van der Waals surface area contributed by atoms with Gasteiger partial charge in [-0.15, -0.1) is 0 Å². The van der Waals surface area contributed by atoms with Gasteiger partial charge in [0.1, 0.15) is 37.6 Å². The molecule has 0 bridgehead atoms. The predicted octanol–water partition coefficient (Wildman–Crippen LogP) is 4.39. The van der Waals surface area contributed by atoms with E-state index in [-0.39, 0.29) is 0 Å². The lowest BCUT2D eigenvalue weighted by Crippen LogP contribution is -1.81. The van der Waals surface area contributed by atoms with Crippen molar-refractivity contribution in [1.82, 2.24) is 0 Å². The van der Waals surface area contributed by atoms with Crippen LogP contribution in [0.25, 0.3) is 33.5 Å². The first kappa shape index (κ1) is 9.29. The molecule has 0 saturated heterocycles. The third-order valence-corrected chi connectivity index (χ3v) is 2.52. The van der Waals surface area contributed by atoms with Crippen molar-refractivity contribution in [2.75, 3.05) is 0 Å². The second-order valence-corrected chi connectivity index (χ2v) is 3.50. The Labute approximate surface area is 98.3 Å². The fourth-order valence-electron chi connectivity index (χ4n) is 1.84. The van der Waals surface area contributed by atoms with Gasteiger partial charge in [-0.3, -0.25) is 0 Å². The van der Waals surface area contributed by atoms with Crippen molar-refractivity contribution in [1.29, 1.82) is 0 Å². The van der Waals surface area contributed by atoms with Crippen LogP contribution in [0.4, 0.5) is 0 Å². The van der Waals surface area contributed by atoms with Gasteiger partial charge in [0.05, 0.1) is 0 Å². The van der Waals surface area contributed by atoms with Crippen molar-refractivity contribution in [3.63, 3.8) is 0 Å². The van der Waals surface area contributed by atoms with E-state index in [1.54, 1.807) is 0 Å². The van der Waals surface area contributed by atoms with E-state index in [1.807, 2.05) is 0 Å². The van der Waals surface area contributed by atoms with Crippen LogP contribution in [0.5, 0.6) is 0 Å². The summed E-state index contributed by atoms with van der Waals surface area (Å²) < 4.78 is 32.3. The Morgan fingerprint density at radius 1 is 0.333 bits per heavy atom. The Hall–Kier alpha value is -2.76. The lowest BCUT2D eigenvalue weighted by Gasteiger charge is -2.03. The molecule has 6 nitrogen and oxygen atoms in total. The minimum atomic E-state index is 0.384. The van der Waals surface area contributed by atoms with E-state index in [9.17, 15) is 0 Å². The minimum absolute atomic E-state index is 0.384. The highest BCUT2D eigenvalue weighted by atomic mass is 16.4. The first-order valence-electron chi connectivity index (χ1n) is 5.14. The Kier molecular flexibility index (Phi) is 1.74. The lowest BCUT2D eigenvalue weighted by atomic mass is 10.2. The van der Waals surface area contributed by atoms with Gasteiger partial charge in [-0.1, -0.05) is 0 Å². The van der Waals surface area contributed by atoms with Crippen LogP contribution < -0.4 is 0 Å². The molecule has 6 heteroatoms. The summed E-state index contributed by atoms with van der Waals surface area (Å²) in [6.07, 6.45) is 8.39. The highest BCUT2D eigenvalue weighted by Crippen LogP contribution is 2.34. The molecule has 4 aromatic rings. The number of rotatable bonds is 0. The van der Waals surface area contributed by atoms with Crippen LogP contribution in [0.3, 0.4) is 0 Å². The lowest BCUT2D eigenvalue weighted by molar-refractivity contribution is 0.463. The quantitative estimate of drug-likeness (QED) is 0.428. The highest BCUT2D eigenvalue weighted by Gasteiger charge is 2.18. The fourth-order valence-corrected chi connectivity index (χ4v) is 1.84. The molecular formula is C12H6O6. The Bertz CT molecular complexity index is 668. The third-order valence-electron chi connectivity index (χ3n) is 2.52. The van der Waals surface area contributed by atoms with Gasteiger partial charge >= 0.3 is 0 Å². The molecule has 0 spiro atoms. The van der Waals surface area contributed by atoms with Gasteiger partial charge in [0.2, 0.25) is 33.5 Å². The zero-order chi connectivity index (χ0) is 11.9. The summed E-state index contributed by atoms with van der Waals surface area (Å²) in [6.45, 7) is 0. The maximum atomic E-state index is 5.38. The van der Waals surface area contributed by atoms with Crippen LogP contribution in [-0.2, 0) is 0 Å². The molecule has 0 amide bonds. The van der Waals surface area contributed by atoms with E-state index in [0.29, 0.717) is 33.5 Å². The molecule has 0 saturated carbocycles. The van der Waals surface area contributed by atoms with Gasteiger partial charge in [0.15, 0.2) is 0 Å². The van der Waals surface area contributed by atoms with Gasteiger partial charge in [-0.25, -0.2) is 0 Å². The molecule has 4 rings (SSSR count). The molecule has 0 aliphatic rings. The second kappa shape index (κ2) is 3.36. The molecule has 1 aromatic carbocycles. The second-order valence-electron chi connectivity index (χ2n) is 3.50. The molecule has 0 aliphatic carbocycles. The summed E-state index contributed by atoms with van der Waals surface area (Å²) in [6, 6.07) is 0. The summed E-state index contributed by atoms with van der Waals surface area (Å²) >= 11 is 0. The molecule has 90 valence electrons. The van der Waals surface area contributed by atoms with E-state index in [0.717, 1.165) is 0 Å². The molecule has 0 unspecified atom stereocenters. The van der Waals surface area contributed by atoms with Crippen molar-refractivity contribution in [2.45, 2.75) is 0 Å². The summed E-state index contributed by atoms with van der Waals surface area (Å²) in [5, 5.41) is 0. The van der Waals surface area contributed by atoms with Crippen molar-refractivity contribution >= 4 is 33.5 Å². The Morgan fingerprint density at radius 2 is 0.500 bits per heavy atom. The minimum Gasteiger partial charge on any atom is -0.454 e. The first-order valence-corrected chi connectivity index (χ1v) is 5.14. The average molecular weight is 246 g/mol. The standard InChI is InChI=1S/C12H6O6/c1-2-14-8-7(13-1)9-11(17-4-3-15-9)12-10(8)16-5-6-18-12/h1-6H. The van der Waals surface area contributed by atoms with Crippen LogP contribution in [0.1, 0.15) is 0 Å². The topological polar surface area (TPSA) is 78.8 Å². The average Bonchev–Trinajstić information content (AvgIpc) is 2.48. The third kappa shape index (κ3) is 1.11. The Morgan fingerprint density at radius 3 is 0.667 bits per heavy atom. The largest absolute Gasteiger partial charge is 0.454 e. The molecule has 18 heavy (non-hydrogen) atoms. The van der Waals surface area contributed by atoms with E-state index in [4.69, 9.17) is 26.5 Å². The zero-order valence-electron chi connectivity index (χ0n) is 8.91. The monoisotopic (exact) mass is 246 g/mol. The van der Waals surface area contributed by atoms with Crippen molar-refractivity contribution < 1.29 is 26.5 Å². The van der Waals surface area contributed by atoms with Gasteiger partial charge in [0, 0.05) is 0 Å². The van der Waals surface area contributed by atoms with Gasteiger partial charge in [-0.05, 0) is 0 Å². The summed E-state index contributed by atoms with van der Waals surface area (Å²) in [4.78, 5) is 0. The summed E-state index contributed by atoms with van der Waals surface area (Å²) in [7, 11) is 0. The summed E-state index contributed by atoms with van der Waals surface area (Å²) in [5.41, 5.74) is 2.30. The Balaban J connectivity index is 2.46. The van der Waals surface area contributed by atoms with Crippen LogP contribution in [0.2, 0.25) is 0 Å². The maximum absolute atomic E-state index is 5.38. The molecule has 0 aliphatic heterocycles. The first-order chi connectivity index (χ1) is 8.95. The van der Waals surface area contributed by atoms with E-state index >= 15 is 0 Å². The normalized spacial score (nSPS) is 11.3. The van der Waals surface area contributed by atoms with Gasteiger partial charge < -0.3 is 26.5 Å². The summed E-state index contributed by atoms with van der Waals surface area (Å²) in [5.74, 6) is 0. The van der Waals surface area contributed by atoms with Gasteiger partial charge in [-0.2, -0.15) is 0 Å². The van der Waals surface area contributed by atoms with Gasteiger partial charge in [0.25, 0.3) is 0 Å². The molecule has 3 heterocycles. The smallest absolute Gasteiger partial charge is 0.219 e. The number of benzene rings is 1. The van der Waals surface area contributed by atoms with Crippen LogP contribution in [0.15, 0.2) is 64.1 Å². The van der Waals surface area contributed by atoms with E-state index < -0.39 is 0 Å². The molecule has 3 aromatic heterocycles. The van der Waals surface area contributed by atoms with Crippen molar-refractivity contribution in [3.8, 4) is 0 Å².